The number of rotatable bonds is 4. The first-order valence-electron chi connectivity index (χ1n) is 9.58. The number of phenols is 1. The number of benzene rings is 2. The second kappa shape index (κ2) is 8.17. The van der Waals surface area contributed by atoms with Gasteiger partial charge in [0, 0.05) is 19.2 Å². The molecule has 7 nitrogen and oxygen atoms in total. The molecule has 0 saturated carbocycles. The lowest BCUT2D eigenvalue weighted by molar-refractivity contribution is 0.159. The molecule has 2 amide bonds. The summed E-state index contributed by atoms with van der Waals surface area (Å²) in [5.74, 6) is -1.10. The van der Waals surface area contributed by atoms with Crippen molar-refractivity contribution >= 4 is 11.6 Å². The number of hydrogen-bond donors (Lipinski definition) is 1. The van der Waals surface area contributed by atoms with Gasteiger partial charge < -0.3 is 14.9 Å². The number of phenolic OH excluding ortho intramolecular Hbond substituents is 1. The monoisotopic (exact) mass is 426 g/mol. The van der Waals surface area contributed by atoms with Gasteiger partial charge in [0.25, 0.3) is 0 Å². The molecule has 31 heavy (non-hydrogen) atoms. The van der Waals surface area contributed by atoms with E-state index in [-0.39, 0.29) is 30.4 Å². The first-order valence-corrected chi connectivity index (χ1v) is 9.58. The average molecular weight is 426 g/mol. The lowest BCUT2D eigenvalue weighted by atomic mass is 10.0. The van der Waals surface area contributed by atoms with Crippen LogP contribution in [0.25, 0.3) is 5.57 Å². The van der Waals surface area contributed by atoms with Gasteiger partial charge in [-0.2, -0.15) is 0 Å². The predicted octanol–water partition coefficient (Wildman–Crippen LogP) is 4.05. The van der Waals surface area contributed by atoms with E-state index >= 15 is 0 Å². The van der Waals surface area contributed by atoms with Gasteiger partial charge in [-0.15, -0.1) is 0 Å². The van der Waals surface area contributed by atoms with Crippen LogP contribution in [-0.2, 0) is 6.54 Å². The van der Waals surface area contributed by atoms with E-state index in [1.807, 2.05) is 0 Å². The number of carbonyl (C=O) groups excluding carboxylic acids is 1. The van der Waals surface area contributed by atoms with Crippen LogP contribution in [0.3, 0.4) is 0 Å². The van der Waals surface area contributed by atoms with Crippen molar-refractivity contribution in [3.8, 4) is 5.75 Å². The summed E-state index contributed by atoms with van der Waals surface area (Å²) < 4.78 is 32.9. The molecule has 0 saturated heterocycles. The van der Waals surface area contributed by atoms with Crippen molar-refractivity contribution in [2.45, 2.75) is 19.5 Å². The van der Waals surface area contributed by atoms with E-state index in [1.54, 1.807) is 32.2 Å². The number of urea groups is 1. The van der Waals surface area contributed by atoms with Gasteiger partial charge in [-0.1, -0.05) is 28.5 Å². The number of aromatic hydroxyl groups is 1. The molecule has 2 heterocycles. The summed E-state index contributed by atoms with van der Waals surface area (Å²) in [4.78, 5) is 16.3. The predicted molar refractivity (Wildman–Crippen MR) is 108 cm³/mol. The normalized spacial score (nSPS) is 15.8. The van der Waals surface area contributed by atoms with Crippen LogP contribution in [0.15, 0.2) is 53.2 Å². The molecule has 0 radical (unpaired) electrons. The van der Waals surface area contributed by atoms with Crippen molar-refractivity contribution in [2.24, 2.45) is 0 Å². The highest BCUT2D eigenvalue weighted by atomic mass is 19.1. The maximum absolute atomic E-state index is 14.4. The minimum Gasteiger partial charge on any atom is -0.508 e. The highest BCUT2D eigenvalue weighted by Crippen LogP contribution is 2.37. The van der Waals surface area contributed by atoms with Crippen LogP contribution in [0.4, 0.5) is 13.6 Å². The minimum absolute atomic E-state index is 0.0429. The summed E-state index contributed by atoms with van der Waals surface area (Å²) in [5, 5.41) is 17.4. The summed E-state index contributed by atoms with van der Waals surface area (Å²) in [6.45, 7) is 1.96. The fourth-order valence-electron chi connectivity index (χ4n) is 3.61. The van der Waals surface area contributed by atoms with Gasteiger partial charge in [0.2, 0.25) is 0 Å². The number of halogens is 2. The molecular weight excluding hydrogens is 406 g/mol. The maximum atomic E-state index is 14.4. The highest BCUT2D eigenvalue weighted by Gasteiger charge is 2.34. The molecule has 1 aromatic heterocycles. The quantitative estimate of drug-likeness (QED) is 0.681. The molecule has 160 valence electrons. The van der Waals surface area contributed by atoms with Gasteiger partial charge in [-0.05, 0) is 48.4 Å². The van der Waals surface area contributed by atoms with Crippen molar-refractivity contribution in [3.05, 3.63) is 82.7 Å². The molecule has 1 atom stereocenters. The molecule has 0 spiro atoms. The van der Waals surface area contributed by atoms with Gasteiger partial charge in [0.15, 0.2) is 0 Å². The Kier molecular flexibility index (Phi) is 5.41. The summed E-state index contributed by atoms with van der Waals surface area (Å²) >= 11 is 0. The van der Waals surface area contributed by atoms with Crippen molar-refractivity contribution in [2.75, 3.05) is 13.6 Å². The third kappa shape index (κ3) is 4.11. The minimum atomic E-state index is -0.575. The molecular formula is C22H20F2N4O3. The second-order valence-corrected chi connectivity index (χ2v) is 7.42. The van der Waals surface area contributed by atoms with Crippen LogP contribution in [0.1, 0.15) is 28.6 Å². The molecule has 3 aromatic rings. The molecule has 0 bridgehead atoms. The first-order chi connectivity index (χ1) is 14.8. The van der Waals surface area contributed by atoms with Crippen molar-refractivity contribution in [1.29, 1.82) is 0 Å². The van der Waals surface area contributed by atoms with Crippen molar-refractivity contribution < 1.29 is 23.3 Å². The van der Waals surface area contributed by atoms with E-state index in [0.29, 0.717) is 22.5 Å². The number of amides is 2. The zero-order valence-electron chi connectivity index (χ0n) is 16.9. The van der Waals surface area contributed by atoms with E-state index < -0.39 is 17.7 Å². The van der Waals surface area contributed by atoms with Gasteiger partial charge in [-0.3, -0.25) is 0 Å². The Morgan fingerprint density at radius 1 is 1.26 bits per heavy atom. The van der Waals surface area contributed by atoms with E-state index in [9.17, 15) is 18.7 Å². The number of hydrogen-bond acceptors (Lipinski definition) is 5. The lowest BCUT2D eigenvalue weighted by Crippen LogP contribution is -2.41. The SMILES string of the molecule is Cc1nonc1CN(C)C(=O)N1CC(c2cc(F)ccc2F)=CC1c1cccc(O)c1. The smallest absolute Gasteiger partial charge is 0.321 e. The molecule has 1 N–H and O–H groups in total. The molecule has 1 unspecified atom stereocenters. The van der Waals surface area contributed by atoms with E-state index in [4.69, 9.17) is 0 Å². The van der Waals surface area contributed by atoms with Crippen molar-refractivity contribution in [3.63, 3.8) is 0 Å². The zero-order valence-corrected chi connectivity index (χ0v) is 16.9. The van der Waals surface area contributed by atoms with Gasteiger partial charge >= 0.3 is 6.03 Å². The Bertz CT molecular complexity index is 1160. The van der Waals surface area contributed by atoms with Gasteiger partial charge in [0.1, 0.15) is 28.8 Å². The van der Waals surface area contributed by atoms with Crippen LogP contribution < -0.4 is 0 Å². The number of aryl methyl sites for hydroxylation is 1. The zero-order chi connectivity index (χ0) is 22.1. The highest BCUT2D eigenvalue weighted by molar-refractivity contribution is 5.82. The summed E-state index contributed by atoms with van der Waals surface area (Å²) in [6.07, 6.45) is 1.71. The Labute approximate surface area is 177 Å². The molecule has 1 aliphatic rings. The summed E-state index contributed by atoms with van der Waals surface area (Å²) in [7, 11) is 1.61. The van der Waals surface area contributed by atoms with Crippen LogP contribution in [0, 0.1) is 18.6 Å². The topological polar surface area (TPSA) is 82.7 Å². The van der Waals surface area contributed by atoms with E-state index in [2.05, 4.69) is 14.9 Å². The van der Waals surface area contributed by atoms with Crippen LogP contribution >= 0.6 is 0 Å². The lowest BCUT2D eigenvalue weighted by Gasteiger charge is -2.29. The van der Waals surface area contributed by atoms with E-state index in [1.165, 1.54) is 21.9 Å². The fourth-order valence-corrected chi connectivity index (χ4v) is 3.61. The average Bonchev–Trinajstić information content (AvgIpc) is 3.36. The third-order valence-corrected chi connectivity index (χ3v) is 5.23. The molecule has 4 rings (SSSR count). The molecule has 1 aliphatic heterocycles. The van der Waals surface area contributed by atoms with Crippen molar-refractivity contribution in [1.82, 2.24) is 20.1 Å². The Morgan fingerprint density at radius 2 is 2.06 bits per heavy atom. The summed E-state index contributed by atoms with van der Waals surface area (Å²) in [5.41, 5.74) is 2.32. The third-order valence-electron chi connectivity index (χ3n) is 5.23. The van der Waals surface area contributed by atoms with Gasteiger partial charge in [-0.25, -0.2) is 18.2 Å². The molecule has 9 heteroatoms. The standard InChI is InChI=1S/C22H20F2N4O3/c1-13-20(26-31-25-13)12-27(2)22(30)28-11-15(18-10-16(23)6-7-19(18)24)9-21(28)14-4-3-5-17(29)8-14/h3-10,21,29H,11-12H2,1-2H3. The first kappa shape index (κ1) is 20.5. The Morgan fingerprint density at radius 3 is 2.77 bits per heavy atom. The van der Waals surface area contributed by atoms with Crippen LogP contribution in [-0.4, -0.2) is 44.8 Å². The largest absolute Gasteiger partial charge is 0.508 e. The van der Waals surface area contributed by atoms with Crippen LogP contribution in [0.2, 0.25) is 0 Å². The molecule has 0 fully saturated rings. The summed E-state index contributed by atoms with van der Waals surface area (Å²) in [6, 6.07) is 8.79. The Balaban J connectivity index is 1.67. The van der Waals surface area contributed by atoms with E-state index in [0.717, 1.165) is 18.2 Å². The second-order valence-electron chi connectivity index (χ2n) is 7.42. The number of aromatic nitrogens is 2. The molecule has 0 aliphatic carbocycles. The maximum Gasteiger partial charge on any atom is 0.321 e. The van der Waals surface area contributed by atoms with Gasteiger partial charge in [0.05, 0.1) is 12.6 Å². The number of nitrogens with zero attached hydrogens (tertiary/aromatic N) is 4. The Hall–Kier alpha value is -3.75. The molecule has 2 aromatic carbocycles. The fraction of sp³-hybridized carbons (Fsp3) is 0.227. The van der Waals surface area contributed by atoms with Crippen LogP contribution in [0.5, 0.6) is 5.75 Å². The number of carbonyl (C=O) groups is 1.